The molecule has 1 aromatic rings. The van der Waals surface area contributed by atoms with Crippen LogP contribution >= 0.6 is 12.4 Å². The summed E-state index contributed by atoms with van der Waals surface area (Å²) in [7, 11) is 0. The highest BCUT2D eigenvalue weighted by atomic mass is 35.5. The number of rotatable bonds is 6. The SMILES string of the molecule is Cl.O=C(CCN1C(=O)CCc2ccccc21)NCC(N1CCNCC1)C(F)(F)F. The van der Waals surface area contributed by atoms with Crippen molar-refractivity contribution in [3.63, 3.8) is 0 Å². The molecule has 1 atom stereocenters. The van der Waals surface area contributed by atoms with Gasteiger partial charge in [0, 0.05) is 57.8 Å². The van der Waals surface area contributed by atoms with Gasteiger partial charge in [-0.3, -0.25) is 14.5 Å². The fourth-order valence-electron chi connectivity index (χ4n) is 3.70. The number of fused-ring (bicyclic) bond motifs is 1. The van der Waals surface area contributed by atoms with E-state index in [1.54, 1.807) is 4.90 Å². The van der Waals surface area contributed by atoms with Crippen molar-refractivity contribution in [1.82, 2.24) is 15.5 Å². The molecule has 1 aromatic carbocycles. The number of aryl methyl sites for hydroxylation is 1. The van der Waals surface area contributed by atoms with E-state index in [0.717, 1.165) is 11.3 Å². The van der Waals surface area contributed by atoms with Crippen molar-refractivity contribution in [3.05, 3.63) is 29.8 Å². The van der Waals surface area contributed by atoms with E-state index in [1.807, 2.05) is 24.3 Å². The largest absolute Gasteiger partial charge is 0.405 e. The van der Waals surface area contributed by atoms with E-state index < -0.39 is 24.7 Å². The van der Waals surface area contributed by atoms with E-state index in [2.05, 4.69) is 10.6 Å². The van der Waals surface area contributed by atoms with Crippen molar-refractivity contribution in [2.24, 2.45) is 0 Å². The van der Waals surface area contributed by atoms with Crippen LogP contribution < -0.4 is 15.5 Å². The molecule has 0 aliphatic carbocycles. The number of carbonyl (C=O) groups is 2. The van der Waals surface area contributed by atoms with Crippen LogP contribution in [0.5, 0.6) is 0 Å². The number of hydrogen-bond acceptors (Lipinski definition) is 4. The third-order valence-electron chi connectivity index (χ3n) is 5.22. The summed E-state index contributed by atoms with van der Waals surface area (Å²) >= 11 is 0. The zero-order chi connectivity index (χ0) is 20.1. The number of amides is 2. The molecule has 3 rings (SSSR count). The van der Waals surface area contributed by atoms with Gasteiger partial charge in [-0.25, -0.2) is 0 Å². The zero-order valence-electron chi connectivity index (χ0n) is 16.0. The Bertz CT molecular complexity index is 711. The monoisotopic (exact) mass is 434 g/mol. The maximum atomic E-state index is 13.4. The second kappa shape index (κ2) is 10.3. The third-order valence-corrected chi connectivity index (χ3v) is 5.22. The average Bonchev–Trinajstić information content (AvgIpc) is 2.67. The van der Waals surface area contributed by atoms with Gasteiger partial charge in [0.1, 0.15) is 6.04 Å². The minimum Gasteiger partial charge on any atom is -0.354 e. The van der Waals surface area contributed by atoms with Crippen LogP contribution in [0.2, 0.25) is 0 Å². The van der Waals surface area contributed by atoms with Crippen LogP contribution in [-0.2, 0) is 16.0 Å². The van der Waals surface area contributed by atoms with Gasteiger partial charge in [-0.2, -0.15) is 13.2 Å². The van der Waals surface area contributed by atoms with E-state index in [0.29, 0.717) is 39.0 Å². The Morgan fingerprint density at radius 2 is 1.86 bits per heavy atom. The van der Waals surface area contributed by atoms with Gasteiger partial charge in [-0.05, 0) is 18.1 Å². The molecule has 10 heteroatoms. The van der Waals surface area contributed by atoms with Crippen molar-refractivity contribution in [2.75, 3.05) is 44.2 Å². The molecule has 29 heavy (non-hydrogen) atoms. The van der Waals surface area contributed by atoms with E-state index in [4.69, 9.17) is 0 Å². The quantitative estimate of drug-likeness (QED) is 0.715. The molecule has 0 aromatic heterocycles. The van der Waals surface area contributed by atoms with E-state index >= 15 is 0 Å². The maximum Gasteiger partial charge on any atom is 0.405 e. The summed E-state index contributed by atoms with van der Waals surface area (Å²) in [5.41, 5.74) is 1.82. The second-order valence-corrected chi connectivity index (χ2v) is 7.07. The van der Waals surface area contributed by atoms with Gasteiger partial charge >= 0.3 is 6.18 Å². The number of para-hydroxylation sites is 1. The van der Waals surface area contributed by atoms with E-state index in [1.165, 1.54) is 4.90 Å². The minimum atomic E-state index is -4.41. The Labute approximate surface area is 174 Å². The molecule has 162 valence electrons. The van der Waals surface area contributed by atoms with Crippen molar-refractivity contribution in [1.29, 1.82) is 0 Å². The first-order valence-corrected chi connectivity index (χ1v) is 9.52. The molecular formula is C19H26ClF3N4O2. The Kier molecular flexibility index (Phi) is 8.30. The minimum absolute atomic E-state index is 0. The molecule has 2 aliphatic rings. The number of alkyl halides is 3. The summed E-state index contributed by atoms with van der Waals surface area (Å²) in [6, 6.07) is 5.79. The first-order chi connectivity index (χ1) is 13.4. The van der Waals surface area contributed by atoms with Gasteiger partial charge < -0.3 is 15.5 Å². The first kappa shape index (κ1) is 23.4. The Hall–Kier alpha value is -1.84. The van der Waals surface area contributed by atoms with Crippen molar-refractivity contribution >= 4 is 29.9 Å². The smallest absolute Gasteiger partial charge is 0.354 e. The standard InChI is InChI=1S/C19H25F3N4O2.ClH/c20-19(21,22)16(25-11-8-23-9-12-25)13-24-17(27)7-10-26-15-4-2-1-3-14(15)5-6-18(26)28;/h1-4,16,23H,5-13H2,(H,24,27);1H. The number of nitrogens with zero attached hydrogens (tertiary/aromatic N) is 2. The van der Waals surface area contributed by atoms with Gasteiger partial charge in [0.15, 0.2) is 0 Å². The molecule has 0 bridgehead atoms. The molecule has 2 N–H and O–H groups in total. The Morgan fingerprint density at radius 1 is 1.17 bits per heavy atom. The van der Waals surface area contributed by atoms with Crippen LogP contribution in [0.3, 0.4) is 0 Å². The van der Waals surface area contributed by atoms with Crippen molar-refractivity contribution < 1.29 is 22.8 Å². The summed E-state index contributed by atoms with van der Waals surface area (Å²) in [5, 5.41) is 5.43. The highest BCUT2D eigenvalue weighted by molar-refractivity contribution is 5.97. The fourth-order valence-corrected chi connectivity index (χ4v) is 3.70. The molecular weight excluding hydrogens is 409 g/mol. The summed E-state index contributed by atoms with van der Waals surface area (Å²) in [5.74, 6) is -0.555. The zero-order valence-corrected chi connectivity index (χ0v) is 16.8. The summed E-state index contributed by atoms with van der Waals surface area (Å²) in [6.45, 7) is 1.26. The van der Waals surface area contributed by atoms with Gasteiger partial charge in [-0.15, -0.1) is 12.4 Å². The van der Waals surface area contributed by atoms with Gasteiger partial charge in [0.05, 0.1) is 0 Å². The molecule has 2 heterocycles. The highest BCUT2D eigenvalue weighted by Gasteiger charge is 2.43. The van der Waals surface area contributed by atoms with Crippen LogP contribution in [0.15, 0.2) is 24.3 Å². The van der Waals surface area contributed by atoms with Crippen molar-refractivity contribution in [2.45, 2.75) is 31.5 Å². The maximum absolute atomic E-state index is 13.4. The fraction of sp³-hybridized carbons (Fsp3) is 0.579. The number of carbonyl (C=O) groups excluding carboxylic acids is 2. The van der Waals surface area contributed by atoms with Gasteiger partial charge in [-0.1, -0.05) is 18.2 Å². The molecule has 2 amide bonds. The van der Waals surface area contributed by atoms with Crippen LogP contribution in [0.1, 0.15) is 18.4 Å². The third kappa shape index (κ3) is 6.07. The summed E-state index contributed by atoms with van der Waals surface area (Å²) < 4.78 is 40.1. The lowest BCUT2D eigenvalue weighted by molar-refractivity contribution is -0.184. The molecule has 1 unspecified atom stereocenters. The predicted molar refractivity (Wildman–Crippen MR) is 106 cm³/mol. The molecule has 0 spiro atoms. The molecule has 0 saturated carbocycles. The average molecular weight is 435 g/mol. The van der Waals surface area contributed by atoms with Crippen LogP contribution in [0.4, 0.5) is 18.9 Å². The van der Waals surface area contributed by atoms with Crippen LogP contribution in [0.25, 0.3) is 0 Å². The molecule has 1 saturated heterocycles. The normalized spacial score (nSPS) is 18.6. The molecule has 0 radical (unpaired) electrons. The highest BCUT2D eigenvalue weighted by Crippen LogP contribution is 2.27. The lowest BCUT2D eigenvalue weighted by Crippen LogP contribution is -2.57. The number of anilines is 1. The van der Waals surface area contributed by atoms with E-state index in [-0.39, 0.29) is 31.3 Å². The van der Waals surface area contributed by atoms with Gasteiger partial charge in [0.2, 0.25) is 11.8 Å². The predicted octanol–water partition coefficient (Wildman–Crippen LogP) is 1.73. The Balaban J connectivity index is 0.00000300. The number of hydrogen-bond donors (Lipinski definition) is 2. The van der Waals surface area contributed by atoms with Crippen molar-refractivity contribution in [3.8, 4) is 0 Å². The Morgan fingerprint density at radius 3 is 2.55 bits per heavy atom. The summed E-state index contributed by atoms with van der Waals surface area (Å²) in [4.78, 5) is 27.3. The summed E-state index contributed by atoms with van der Waals surface area (Å²) in [6.07, 6.45) is -3.41. The van der Waals surface area contributed by atoms with Gasteiger partial charge in [0.25, 0.3) is 0 Å². The molecule has 6 nitrogen and oxygen atoms in total. The topological polar surface area (TPSA) is 64.7 Å². The van der Waals surface area contributed by atoms with Crippen LogP contribution in [0, 0.1) is 0 Å². The number of halogens is 4. The second-order valence-electron chi connectivity index (χ2n) is 7.07. The lowest BCUT2D eigenvalue weighted by Gasteiger charge is -2.36. The number of piperazine rings is 1. The molecule has 2 aliphatic heterocycles. The lowest BCUT2D eigenvalue weighted by atomic mass is 10.0. The van der Waals surface area contributed by atoms with Crippen LogP contribution in [-0.4, -0.2) is 68.2 Å². The molecule has 1 fully saturated rings. The number of benzene rings is 1. The first-order valence-electron chi connectivity index (χ1n) is 9.52. The van der Waals surface area contributed by atoms with E-state index in [9.17, 15) is 22.8 Å². The number of nitrogens with one attached hydrogen (secondary N) is 2.